The Kier molecular flexibility index (Phi) is 2.55. The number of nitrogens with two attached hydrogens (primary N) is 1. The highest BCUT2D eigenvalue weighted by atomic mass is 19.1. The van der Waals surface area contributed by atoms with Gasteiger partial charge in [0.1, 0.15) is 11.5 Å². The minimum atomic E-state index is -0.628. The smallest absolute Gasteiger partial charge is 0.193 e. The number of ketones is 1. The van der Waals surface area contributed by atoms with Gasteiger partial charge in [0.2, 0.25) is 0 Å². The predicted octanol–water partition coefficient (Wildman–Crippen LogP) is 2.11. The van der Waals surface area contributed by atoms with Crippen LogP contribution in [0.4, 0.5) is 10.1 Å². The summed E-state index contributed by atoms with van der Waals surface area (Å²) in [5, 5.41) is 0. The van der Waals surface area contributed by atoms with E-state index >= 15 is 0 Å². The van der Waals surface area contributed by atoms with Crippen LogP contribution in [0.25, 0.3) is 0 Å². The van der Waals surface area contributed by atoms with E-state index in [1.807, 2.05) is 0 Å². The van der Waals surface area contributed by atoms with Gasteiger partial charge in [-0.25, -0.2) is 4.39 Å². The maximum atomic E-state index is 12.9. The summed E-state index contributed by atoms with van der Waals surface area (Å²) in [5.41, 5.74) is 6.42. The largest absolute Gasteiger partial charge is 0.397 e. The van der Waals surface area contributed by atoms with Gasteiger partial charge in [-0.1, -0.05) is 0 Å². The van der Waals surface area contributed by atoms with Crippen molar-refractivity contribution in [3.05, 3.63) is 53.9 Å². The lowest BCUT2D eigenvalue weighted by Crippen LogP contribution is -2.23. The van der Waals surface area contributed by atoms with Crippen molar-refractivity contribution in [1.82, 2.24) is 9.97 Å². The summed E-state index contributed by atoms with van der Waals surface area (Å²) in [7, 11) is 0. The summed E-state index contributed by atoms with van der Waals surface area (Å²) < 4.78 is 12.9. The Labute approximate surface area is 109 Å². The molecule has 0 aliphatic heterocycles. The quantitative estimate of drug-likeness (QED) is 0.855. The molecule has 0 aromatic carbocycles. The molecule has 1 aliphatic carbocycles. The lowest BCUT2D eigenvalue weighted by molar-refractivity contribution is 0.0939. The van der Waals surface area contributed by atoms with Crippen LogP contribution in [0.1, 0.15) is 29.0 Å². The summed E-state index contributed by atoms with van der Waals surface area (Å²) in [6.45, 7) is 0. The molecule has 2 aromatic rings. The topological polar surface area (TPSA) is 68.9 Å². The van der Waals surface area contributed by atoms with Crippen LogP contribution in [0.3, 0.4) is 0 Å². The predicted molar refractivity (Wildman–Crippen MR) is 68.1 cm³/mol. The average Bonchev–Trinajstić information content (AvgIpc) is 3.21. The third-order valence-electron chi connectivity index (χ3n) is 3.42. The lowest BCUT2D eigenvalue weighted by Gasteiger charge is -2.12. The second-order valence-electron chi connectivity index (χ2n) is 4.75. The number of nitrogens with zero attached hydrogens (tertiary/aromatic N) is 2. The molecule has 19 heavy (non-hydrogen) atoms. The van der Waals surface area contributed by atoms with Gasteiger partial charge in [-0.15, -0.1) is 0 Å². The molecule has 0 saturated heterocycles. The summed E-state index contributed by atoms with van der Waals surface area (Å²) in [4.78, 5) is 20.6. The van der Waals surface area contributed by atoms with Crippen molar-refractivity contribution in [3.8, 4) is 0 Å². The number of Topliss-reactive ketones (excluding diaryl/α,β-unsaturated/α-hetero) is 1. The number of aromatic nitrogens is 2. The molecule has 3 rings (SSSR count). The molecule has 1 saturated carbocycles. The van der Waals surface area contributed by atoms with Crippen LogP contribution < -0.4 is 5.73 Å². The van der Waals surface area contributed by atoms with Crippen LogP contribution in [0.15, 0.2) is 36.7 Å². The second kappa shape index (κ2) is 4.12. The number of rotatable bonds is 3. The van der Waals surface area contributed by atoms with Gasteiger partial charge in [-0.05, 0) is 37.1 Å². The highest BCUT2D eigenvalue weighted by Gasteiger charge is 2.53. The monoisotopic (exact) mass is 257 g/mol. The number of nitrogen functional groups attached to an aromatic ring is 1. The standard InChI is InChI=1S/C14H12FN3O/c15-9-1-4-12(18-7-9)14(5-6-14)13(19)11-3-2-10(16)8-17-11/h1-4,7-8H,5-6,16H2. The molecular formula is C14H12FN3O. The van der Waals surface area contributed by atoms with Crippen molar-refractivity contribution in [2.45, 2.75) is 18.3 Å². The summed E-state index contributed by atoms with van der Waals surface area (Å²) >= 11 is 0. The van der Waals surface area contributed by atoms with Crippen molar-refractivity contribution >= 4 is 11.5 Å². The molecule has 0 radical (unpaired) electrons. The van der Waals surface area contributed by atoms with E-state index in [-0.39, 0.29) is 5.78 Å². The van der Waals surface area contributed by atoms with Gasteiger partial charge in [0.05, 0.1) is 29.2 Å². The Morgan fingerprint density at radius 1 is 1.16 bits per heavy atom. The molecule has 5 heteroatoms. The zero-order valence-corrected chi connectivity index (χ0v) is 10.1. The number of hydrogen-bond acceptors (Lipinski definition) is 4. The Morgan fingerprint density at radius 3 is 2.47 bits per heavy atom. The number of carbonyl (C=O) groups is 1. The Balaban J connectivity index is 1.94. The average molecular weight is 257 g/mol. The highest BCUT2D eigenvalue weighted by Crippen LogP contribution is 2.49. The fourth-order valence-electron chi connectivity index (χ4n) is 2.17. The van der Waals surface area contributed by atoms with Crippen molar-refractivity contribution < 1.29 is 9.18 Å². The first-order chi connectivity index (χ1) is 9.12. The SMILES string of the molecule is Nc1ccc(C(=O)C2(c3ccc(F)cn3)CC2)nc1. The fourth-order valence-corrected chi connectivity index (χ4v) is 2.17. The molecule has 0 amide bonds. The van der Waals surface area contributed by atoms with E-state index in [0.717, 1.165) is 19.0 Å². The van der Waals surface area contributed by atoms with Crippen LogP contribution in [0.5, 0.6) is 0 Å². The van der Waals surface area contributed by atoms with E-state index < -0.39 is 11.2 Å². The molecule has 96 valence electrons. The van der Waals surface area contributed by atoms with Crippen LogP contribution in [-0.4, -0.2) is 15.8 Å². The number of carbonyl (C=O) groups excluding carboxylic acids is 1. The van der Waals surface area contributed by atoms with Crippen LogP contribution in [0.2, 0.25) is 0 Å². The third-order valence-corrected chi connectivity index (χ3v) is 3.42. The van der Waals surface area contributed by atoms with Gasteiger partial charge in [-0.2, -0.15) is 0 Å². The summed E-state index contributed by atoms with van der Waals surface area (Å²) in [6, 6.07) is 6.15. The number of halogens is 1. The van der Waals surface area contributed by atoms with E-state index in [4.69, 9.17) is 5.73 Å². The zero-order chi connectivity index (χ0) is 13.5. The second-order valence-corrected chi connectivity index (χ2v) is 4.75. The minimum Gasteiger partial charge on any atom is -0.397 e. The molecule has 0 bridgehead atoms. The maximum Gasteiger partial charge on any atom is 0.193 e. The van der Waals surface area contributed by atoms with E-state index in [9.17, 15) is 9.18 Å². The molecule has 1 aliphatic rings. The molecule has 0 spiro atoms. The maximum absolute atomic E-state index is 12.9. The van der Waals surface area contributed by atoms with Gasteiger partial charge >= 0.3 is 0 Å². The first-order valence-electron chi connectivity index (χ1n) is 6.00. The van der Waals surface area contributed by atoms with Crippen molar-refractivity contribution in [1.29, 1.82) is 0 Å². The molecular weight excluding hydrogens is 245 g/mol. The molecule has 2 heterocycles. The van der Waals surface area contributed by atoms with E-state index in [2.05, 4.69) is 9.97 Å². The number of hydrogen-bond donors (Lipinski definition) is 1. The van der Waals surface area contributed by atoms with E-state index in [0.29, 0.717) is 17.1 Å². The zero-order valence-electron chi connectivity index (χ0n) is 10.1. The van der Waals surface area contributed by atoms with Crippen molar-refractivity contribution in [3.63, 3.8) is 0 Å². The highest BCUT2D eigenvalue weighted by molar-refractivity contribution is 6.04. The molecule has 2 N–H and O–H groups in total. The molecule has 0 unspecified atom stereocenters. The van der Waals surface area contributed by atoms with Gasteiger partial charge < -0.3 is 5.73 Å². The van der Waals surface area contributed by atoms with E-state index in [1.165, 1.54) is 12.3 Å². The first-order valence-corrected chi connectivity index (χ1v) is 6.00. The third kappa shape index (κ3) is 1.97. The van der Waals surface area contributed by atoms with Gasteiger partial charge in [0, 0.05) is 0 Å². The first kappa shape index (κ1) is 11.8. The van der Waals surface area contributed by atoms with Crippen LogP contribution >= 0.6 is 0 Å². The minimum absolute atomic E-state index is 0.0772. The van der Waals surface area contributed by atoms with Gasteiger partial charge in [0.25, 0.3) is 0 Å². The van der Waals surface area contributed by atoms with Crippen molar-refractivity contribution in [2.24, 2.45) is 0 Å². The van der Waals surface area contributed by atoms with Crippen molar-refractivity contribution in [2.75, 3.05) is 5.73 Å². The summed E-state index contributed by atoms with van der Waals surface area (Å²) in [5.74, 6) is -0.482. The normalized spacial score (nSPS) is 16.1. The summed E-state index contributed by atoms with van der Waals surface area (Å²) in [6.07, 6.45) is 4.04. The number of anilines is 1. The molecule has 0 atom stereocenters. The molecule has 2 aromatic heterocycles. The van der Waals surface area contributed by atoms with E-state index in [1.54, 1.807) is 18.2 Å². The Hall–Kier alpha value is -2.30. The molecule has 1 fully saturated rings. The Bertz CT molecular complexity index is 618. The molecule has 4 nitrogen and oxygen atoms in total. The number of pyridine rings is 2. The fraction of sp³-hybridized carbons (Fsp3) is 0.214. The lowest BCUT2D eigenvalue weighted by atomic mass is 9.93. The van der Waals surface area contributed by atoms with Crippen LogP contribution in [-0.2, 0) is 5.41 Å². The van der Waals surface area contributed by atoms with Gasteiger partial charge in [-0.3, -0.25) is 14.8 Å². The van der Waals surface area contributed by atoms with Crippen LogP contribution in [0, 0.1) is 5.82 Å². The Morgan fingerprint density at radius 2 is 1.95 bits per heavy atom. The van der Waals surface area contributed by atoms with Gasteiger partial charge in [0.15, 0.2) is 5.78 Å².